The van der Waals surface area contributed by atoms with Crippen LogP contribution >= 0.6 is 0 Å². The van der Waals surface area contributed by atoms with Crippen molar-refractivity contribution in [3.8, 4) is 0 Å². The Labute approximate surface area is 168 Å². The van der Waals surface area contributed by atoms with E-state index in [9.17, 15) is 9.59 Å². The van der Waals surface area contributed by atoms with Crippen molar-refractivity contribution in [2.24, 2.45) is 0 Å². The van der Waals surface area contributed by atoms with Gasteiger partial charge in [-0.3, -0.25) is 0 Å². The number of carboxylic acid groups (broad SMARTS) is 1. The van der Waals surface area contributed by atoms with E-state index >= 15 is 0 Å². The topological polar surface area (TPSA) is 66.4 Å². The average molecular weight is 480 g/mol. The summed E-state index contributed by atoms with van der Waals surface area (Å²) in [7, 11) is 0. The third kappa shape index (κ3) is 8.50. The van der Waals surface area contributed by atoms with Gasteiger partial charge in [0.1, 0.15) is 0 Å². The van der Waals surface area contributed by atoms with Crippen molar-refractivity contribution >= 4 is 39.5 Å². The zero-order valence-corrected chi connectivity index (χ0v) is 19.9. The second kappa shape index (κ2) is 13.0. The van der Waals surface area contributed by atoms with Gasteiger partial charge >= 0.3 is 169 Å². The molecule has 2 N–H and O–H groups in total. The molecule has 0 aliphatic heterocycles. The van der Waals surface area contributed by atoms with Crippen LogP contribution in [-0.4, -0.2) is 35.4 Å². The molecule has 0 fully saturated rings. The number of unbranched alkanes of at least 4 members (excludes halogenated alkanes) is 3. The standard InChI is InChI=1S/C10H8NO3.3C4H9.Sn/c12-9(6-7-10(13)14)11-8-4-2-1-3-5-8;3*1-3-4-2;/h1-2,4-7H,(H,11,12)(H,13,14);3*1,3-4H2,2H3;/b7-6-;;;;. The molecule has 0 aromatic heterocycles. The molecule has 0 radical (unpaired) electrons. The summed E-state index contributed by atoms with van der Waals surface area (Å²) < 4.78 is 5.63. The fraction of sp³-hybridized carbons (Fsp3) is 0.545. The number of nitrogens with one attached hydrogen (secondary N) is 1. The molecule has 0 unspecified atom stereocenters. The Bertz CT molecular complexity index is 606. The van der Waals surface area contributed by atoms with E-state index in [2.05, 4.69) is 38.2 Å². The van der Waals surface area contributed by atoms with Gasteiger partial charge in [0.2, 0.25) is 0 Å². The Morgan fingerprint density at radius 3 is 2.00 bits per heavy atom. The molecule has 1 amide bonds. The summed E-state index contributed by atoms with van der Waals surface area (Å²) in [6.45, 7) is 6.80. The van der Waals surface area contributed by atoms with E-state index in [-0.39, 0.29) is 0 Å². The van der Waals surface area contributed by atoms with Crippen LogP contribution in [-0.2, 0) is 9.59 Å². The van der Waals surface area contributed by atoms with Crippen molar-refractivity contribution in [1.29, 1.82) is 0 Å². The van der Waals surface area contributed by atoms with Crippen molar-refractivity contribution in [2.45, 2.75) is 72.6 Å². The number of carbonyl (C=O) groups excluding carboxylic acids is 1. The maximum absolute atomic E-state index is 11.9. The third-order valence-electron chi connectivity index (χ3n) is 5.15. The molecule has 0 saturated heterocycles. The number of rotatable bonds is 13. The molecule has 1 rings (SSSR count). The molecular weight excluding hydrogens is 445 g/mol. The van der Waals surface area contributed by atoms with Gasteiger partial charge in [-0.1, -0.05) is 0 Å². The van der Waals surface area contributed by atoms with Gasteiger partial charge in [0.05, 0.1) is 0 Å². The van der Waals surface area contributed by atoms with E-state index in [1.54, 1.807) is 0 Å². The number of benzene rings is 1. The molecule has 0 aliphatic carbocycles. The molecule has 0 aliphatic rings. The number of anilines is 1. The first-order valence-corrected chi connectivity index (χ1v) is 17.8. The molecular formula is C22H35NO3Sn. The summed E-state index contributed by atoms with van der Waals surface area (Å²) in [5.41, 5.74) is 0.776. The molecule has 1 aromatic rings. The molecule has 0 bridgehead atoms. The Hall–Kier alpha value is -1.30. The van der Waals surface area contributed by atoms with Gasteiger partial charge in [-0.25, -0.2) is 0 Å². The minimum absolute atomic E-state index is 0.397. The van der Waals surface area contributed by atoms with Crippen LogP contribution in [0, 0.1) is 0 Å². The van der Waals surface area contributed by atoms with Gasteiger partial charge in [-0.15, -0.1) is 0 Å². The van der Waals surface area contributed by atoms with E-state index in [1.807, 2.05) is 12.1 Å². The first-order valence-electron chi connectivity index (χ1n) is 10.3. The summed E-state index contributed by atoms with van der Waals surface area (Å²) in [4.78, 5) is 22.5. The normalized spacial score (nSPS) is 11.7. The summed E-state index contributed by atoms with van der Waals surface area (Å²) in [6, 6.07) is 8.39. The second-order valence-corrected chi connectivity index (χ2v) is 20.6. The monoisotopic (exact) mass is 481 g/mol. The number of hydrogen-bond donors (Lipinski definition) is 2. The minimum atomic E-state index is -2.52. The summed E-state index contributed by atoms with van der Waals surface area (Å²) >= 11 is -2.52. The van der Waals surface area contributed by atoms with Gasteiger partial charge in [-0.2, -0.15) is 0 Å². The van der Waals surface area contributed by atoms with Crippen LogP contribution in [0.15, 0.2) is 36.4 Å². The SMILES string of the molecule is CCC[CH2][Sn]([CH2]CCC)([CH2]CCC)[c]1cccc(NC(=O)/C=C\C(=O)O)c1. The summed E-state index contributed by atoms with van der Waals surface area (Å²) in [5, 5.41) is 11.5. The molecule has 0 spiro atoms. The zero-order valence-electron chi connectivity index (χ0n) is 17.1. The first kappa shape index (κ1) is 23.7. The number of amides is 1. The van der Waals surface area contributed by atoms with E-state index in [4.69, 9.17) is 5.11 Å². The molecule has 27 heavy (non-hydrogen) atoms. The molecule has 0 saturated carbocycles. The van der Waals surface area contributed by atoms with E-state index in [0.717, 1.165) is 17.8 Å². The number of carboxylic acids is 1. The van der Waals surface area contributed by atoms with Crippen LogP contribution in [0.1, 0.15) is 59.3 Å². The Morgan fingerprint density at radius 1 is 0.963 bits per heavy atom. The van der Waals surface area contributed by atoms with Crippen molar-refractivity contribution in [3.05, 3.63) is 36.4 Å². The van der Waals surface area contributed by atoms with Crippen LogP contribution in [0.3, 0.4) is 0 Å². The van der Waals surface area contributed by atoms with Gasteiger partial charge in [0.25, 0.3) is 0 Å². The van der Waals surface area contributed by atoms with Crippen LogP contribution in [0.2, 0.25) is 13.3 Å². The molecule has 5 heteroatoms. The van der Waals surface area contributed by atoms with E-state index in [1.165, 1.54) is 55.4 Å². The predicted molar refractivity (Wildman–Crippen MR) is 116 cm³/mol. The molecule has 4 nitrogen and oxygen atoms in total. The van der Waals surface area contributed by atoms with Gasteiger partial charge in [0.15, 0.2) is 0 Å². The fourth-order valence-corrected chi connectivity index (χ4v) is 19.6. The molecule has 0 atom stereocenters. The predicted octanol–water partition coefficient (Wildman–Crippen LogP) is 5.32. The van der Waals surface area contributed by atoms with Gasteiger partial charge in [-0.05, 0) is 0 Å². The van der Waals surface area contributed by atoms with Crippen molar-refractivity contribution < 1.29 is 14.7 Å². The van der Waals surface area contributed by atoms with Crippen molar-refractivity contribution in [1.82, 2.24) is 0 Å². The first-order chi connectivity index (χ1) is 13.0. The fourth-order valence-electron chi connectivity index (χ4n) is 3.61. The van der Waals surface area contributed by atoms with Gasteiger partial charge in [0, 0.05) is 0 Å². The van der Waals surface area contributed by atoms with Gasteiger partial charge < -0.3 is 0 Å². The summed E-state index contributed by atoms with van der Waals surface area (Å²) in [5.74, 6) is -1.51. The molecule has 1 aromatic carbocycles. The number of aliphatic carboxylic acids is 1. The van der Waals surface area contributed by atoms with Crippen LogP contribution < -0.4 is 8.90 Å². The van der Waals surface area contributed by atoms with Crippen LogP contribution in [0.5, 0.6) is 0 Å². The Kier molecular flexibility index (Phi) is 11.4. The van der Waals surface area contributed by atoms with Crippen molar-refractivity contribution in [3.63, 3.8) is 0 Å². The van der Waals surface area contributed by atoms with E-state index in [0.29, 0.717) is 0 Å². The van der Waals surface area contributed by atoms with Crippen LogP contribution in [0.4, 0.5) is 5.69 Å². The second-order valence-electron chi connectivity index (χ2n) is 7.33. The quantitative estimate of drug-likeness (QED) is 0.297. The third-order valence-corrected chi connectivity index (χ3v) is 20.8. The summed E-state index contributed by atoms with van der Waals surface area (Å²) in [6.07, 6.45) is 9.50. The number of hydrogen-bond acceptors (Lipinski definition) is 2. The average Bonchev–Trinajstić information content (AvgIpc) is 2.66. The van der Waals surface area contributed by atoms with E-state index < -0.39 is 30.3 Å². The van der Waals surface area contributed by atoms with Crippen molar-refractivity contribution in [2.75, 3.05) is 5.32 Å². The zero-order chi connectivity index (χ0) is 20.1. The maximum atomic E-state index is 11.9. The van der Waals surface area contributed by atoms with Crippen LogP contribution in [0.25, 0.3) is 0 Å². The molecule has 150 valence electrons. The number of carbonyl (C=O) groups is 2. The molecule has 0 heterocycles. The Balaban J connectivity index is 3.12. The Morgan fingerprint density at radius 2 is 1.52 bits per heavy atom.